The smallest absolute Gasteiger partial charge is 0.105 e. The van der Waals surface area contributed by atoms with Gasteiger partial charge in [-0.1, -0.05) is 28.1 Å². The molecule has 0 bridgehead atoms. The monoisotopic (exact) mass is 298 g/mol. The molecule has 2 N–H and O–H groups in total. The molecule has 0 aliphatic carbocycles. The van der Waals surface area contributed by atoms with Crippen molar-refractivity contribution in [2.75, 3.05) is 0 Å². The van der Waals surface area contributed by atoms with Gasteiger partial charge in [-0.15, -0.1) is 11.3 Å². The maximum absolute atomic E-state index is 10.1. The Morgan fingerprint density at radius 2 is 2.06 bits per heavy atom. The minimum Gasteiger partial charge on any atom is -0.391 e. The largest absolute Gasteiger partial charge is 0.391 e. The summed E-state index contributed by atoms with van der Waals surface area (Å²) in [6.45, 7) is 0.0237. The van der Waals surface area contributed by atoms with Crippen LogP contribution in [0, 0.1) is 0 Å². The summed E-state index contributed by atoms with van der Waals surface area (Å²) in [5.41, 5.74) is 1.67. The standard InChI is InChI=1S/C12H11BrO2S/c13-10-3-1-2-8(4-10)12(15)9-5-11(6-14)16-7-9/h1-5,7,12,14-15H,6H2. The van der Waals surface area contributed by atoms with E-state index in [1.165, 1.54) is 11.3 Å². The van der Waals surface area contributed by atoms with Gasteiger partial charge in [-0.25, -0.2) is 0 Å². The topological polar surface area (TPSA) is 40.5 Å². The fourth-order valence-electron chi connectivity index (χ4n) is 1.49. The van der Waals surface area contributed by atoms with Crippen LogP contribution in [-0.2, 0) is 6.61 Å². The summed E-state index contributed by atoms with van der Waals surface area (Å²) in [5.74, 6) is 0. The molecular weight excluding hydrogens is 288 g/mol. The highest BCUT2D eigenvalue weighted by atomic mass is 79.9. The van der Waals surface area contributed by atoms with Crippen LogP contribution in [-0.4, -0.2) is 10.2 Å². The molecular formula is C12H11BrO2S. The Balaban J connectivity index is 2.27. The second-order valence-electron chi connectivity index (χ2n) is 3.46. The van der Waals surface area contributed by atoms with Crippen LogP contribution in [0.2, 0.25) is 0 Å². The van der Waals surface area contributed by atoms with Crippen LogP contribution in [0.1, 0.15) is 22.1 Å². The molecule has 2 rings (SSSR count). The lowest BCUT2D eigenvalue weighted by atomic mass is 10.0. The van der Waals surface area contributed by atoms with Gasteiger partial charge >= 0.3 is 0 Å². The van der Waals surface area contributed by atoms with Gasteiger partial charge in [0.1, 0.15) is 6.10 Å². The van der Waals surface area contributed by atoms with E-state index in [9.17, 15) is 5.11 Å². The third-order valence-corrected chi connectivity index (χ3v) is 3.74. The minimum absolute atomic E-state index is 0.0237. The highest BCUT2D eigenvalue weighted by Crippen LogP contribution is 2.27. The number of hydrogen-bond donors (Lipinski definition) is 2. The van der Waals surface area contributed by atoms with E-state index in [0.29, 0.717) is 0 Å². The molecule has 2 aromatic rings. The summed E-state index contributed by atoms with van der Waals surface area (Å²) in [6, 6.07) is 9.41. The second kappa shape index (κ2) is 5.10. The van der Waals surface area contributed by atoms with Crippen LogP contribution in [0.3, 0.4) is 0 Å². The quantitative estimate of drug-likeness (QED) is 0.914. The lowest BCUT2D eigenvalue weighted by Gasteiger charge is -2.09. The van der Waals surface area contributed by atoms with E-state index >= 15 is 0 Å². The Kier molecular flexibility index (Phi) is 3.76. The lowest BCUT2D eigenvalue weighted by Crippen LogP contribution is -1.97. The van der Waals surface area contributed by atoms with Crippen molar-refractivity contribution < 1.29 is 10.2 Å². The lowest BCUT2D eigenvalue weighted by molar-refractivity contribution is 0.220. The minimum atomic E-state index is -0.631. The first-order valence-corrected chi connectivity index (χ1v) is 6.49. The summed E-state index contributed by atoms with van der Waals surface area (Å²) in [7, 11) is 0. The SMILES string of the molecule is OCc1cc(C(O)c2cccc(Br)c2)cs1. The predicted molar refractivity (Wildman–Crippen MR) is 68.4 cm³/mol. The van der Waals surface area contributed by atoms with Crippen LogP contribution in [0.4, 0.5) is 0 Å². The number of aliphatic hydroxyl groups excluding tert-OH is 2. The van der Waals surface area contributed by atoms with Crippen LogP contribution >= 0.6 is 27.3 Å². The van der Waals surface area contributed by atoms with Gasteiger partial charge < -0.3 is 10.2 Å². The van der Waals surface area contributed by atoms with E-state index < -0.39 is 6.10 Å². The van der Waals surface area contributed by atoms with E-state index in [1.54, 1.807) is 0 Å². The normalized spacial score (nSPS) is 12.7. The van der Waals surface area contributed by atoms with E-state index in [0.717, 1.165) is 20.5 Å². The van der Waals surface area contributed by atoms with Crippen molar-refractivity contribution in [3.05, 3.63) is 56.2 Å². The van der Waals surface area contributed by atoms with E-state index in [4.69, 9.17) is 5.11 Å². The molecule has 4 heteroatoms. The number of rotatable bonds is 3. The highest BCUT2D eigenvalue weighted by Gasteiger charge is 2.12. The van der Waals surface area contributed by atoms with Crippen LogP contribution in [0.25, 0.3) is 0 Å². The Morgan fingerprint density at radius 3 is 2.69 bits per heavy atom. The molecule has 0 aliphatic rings. The maximum atomic E-state index is 10.1. The van der Waals surface area contributed by atoms with E-state index in [-0.39, 0.29) is 6.61 Å². The molecule has 1 heterocycles. The molecule has 1 atom stereocenters. The first-order valence-electron chi connectivity index (χ1n) is 4.82. The number of aliphatic hydroxyl groups is 2. The second-order valence-corrected chi connectivity index (χ2v) is 5.37. The van der Waals surface area contributed by atoms with Crippen molar-refractivity contribution in [2.24, 2.45) is 0 Å². The maximum Gasteiger partial charge on any atom is 0.105 e. The molecule has 16 heavy (non-hydrogen) atoms. The molecule has 2 nitrogen and oxygen atoms in total. The summed E-state index contributed by atoms with van der Waals surface area (Å²) in [5, 5.41) is 21.0. The molecule has 0 aliphatic heterocycles. The van der Waals surface area contributed by atoms with Gasteiger partial charge in [-0.3, -0.25) is 0 Å². The van der Waals surface area contributed by atoms with Gasteiger partial charge in [0.25, 0.3) is 0 Å². The molecule has 0 spiro atoms. The van der Waals surface area contributed by atoms with Gasteiger partial charge in [-0.05, 0) is 34.7 Å². The zero-order valence-electron chi connectivity index (χ0n) is 8.43. The average Bonchev–Trinajstić information content (AvgIpc) is 2.76. The van der Waals surface area contributed by atoms with Crippen molar-refractivity contribution in [3.63, 3.8) is 0 Å². The van der Waals surface area contributed by atoms with E-state index in [2.05, 4.69) is 15.9 Å². The molecule has 1 unspecified atom stereocenters. The Labute approximate surface area is 106 Å². The molecule has 0 amide bonds. The van der Waals surface area contributed by atoms with Gasteiger partial charge in [-0.2, -0.15) is 0 Å². The van der Waals surface area contributed by atoms with Gasteiger partial charge in [0, 0.05) is 9.35 Å². The Hall–Kier alpha value is -0.680. The summed E-state index contributed by atoms with van der Waals surface area (Å²) in [4.78, 5) is 0.865. The fraction of sp³-hybridized carbons (Fsp3) is 0.167. The Morgan fingerprint density at radius 1 is 1.25 bits per heavy atom. The van der Waals surface area contributed by atoms with Crippen LogP contribution in [0.15, 0.2) is 40.2 Å². The molecule has 0 saturated heterocycles. The first kappa shape index (κ1) is 11.8. The molecule has 0 fully saturated rings. The Bertz CT molecular complexity index is 481. The number of hydrogen-bond acceptors (Lipinski definition) is 3. The number of halogens is 1. The van der Waals surface area contributed by atoms with Gasteiger partial charge in [0.15, 0.2) is 0 Å². The molecule has 0 radical (unpaired) electrons. The highest BCUT2D eigenvalue weighted by molar-refractivity contribution is 9.10. The third kappa shape index (κ3) is 2.52. The molecule has 0 saturated carbocycles. The van der Waals surface area contributed by atoms with Crippen molar-refractivity contribution in [2.45, 2.75) is 12.7 Å². The summed E-state index contributed by atoms with van der Waals surface area (Å²) >= 11 is 4.83. The van der Waals surface area contributed by atoms with Crippen LogP contribution in [0.5, 0.6) is 0 Å². The molecule has 1 aromatic carbocycles. The summed E-state index contributed by atoms with van der Waals surface area (Å²) in [6.07, 6.45) is -0.631. The zero-order valence-corrected chi connectivity index (χ0v) is 10.8. The predicted octanol–water partition coefficient (Wildman–Crippen LogP) is 3.08. The molecule has 1 aromatic heterocycles. The molecule has 84 valence electrons. The van der Waals surface area contributed by atoms with Crippen molar-refractivity contribution in [1.82, 2.24) is 0 Å². The van der Waals surface area contributed by atoms with Crippen molar-refractivity contribution in [1.29, 1.82) is 0 Å². The third-order valence-electron chi connectivity index (χ3n) is 2.31. The zero-order chi connectivity index (χ0) is 11.5. The fourth-order valence-corrected chi connectivity index (χ4v) is 2.67. The first-order chi connectivity index (χ1) is 7.70. The average molecular weight is 299 g/mol. The summed E-state index contributed by atoms with van der Waals surface area (Å²) < 4.78 is 0.946. The van der Waals surface area contributed by atoms with Crippen molar-refractivity contribution >= 4 is 27.3 Å². The van der Waals surface area contributed by atoms with Gasteiger partial charge in [0.2, 0.25) is 0 Å². The number of benzene rings is 1. The van der Waals surface area contributed by atoms with Crippen LogP contribution < -0.4 is 0 Å². The number of thiophene rings is 1. The van der Waals surface area contributed by atoms with E-state index in [1.807, 2.05) is 35.7 Å². The van der Waals surface area contributed by atoms with Crippen molar-refractivity contribution in [3.8, 4) is 0 Å². The van der Waals surface area contributed by atoms with Gasteiger partial charge in [0.05, 0.1) is 6.61 Å².